The standard InChI is InChI=1S/C13H17N3/c1-10(2)8-16-9-13(14-15-16)12-6-4-5-11(3)7-12/h4-7,9-10H,8H2,1-3H3. The average Bonchev–Trinajstić information content (AvgIpc) is 2.65. The van der Waals surface area contributed by atoms with Crippen LogP contribution in [0.2, 0.25) is 0 Å². The Kier molecular flexibility index (Phi) is 3.04. The van der Waals surface area contributed by atoms with Crippen LogP contribution in [0, 0.1) is 12.8 Å². The first kappa shape index (κ1) is 10.9. The van der Waals surface area contributed by atoms with E-state index in [9.17, 15) is 0 Å². The Morgan fingerprint density at radius 1 is 1.31 bits per heavy atom. The minimum atomic E-state index is 0.590. The fourth-order valence-electron chi connectivity index (χ4n) is 1.70. The van der Waals surface area contributed by atoms with E-state index in [2.05, 4.69) is 49.3 Å². The molecule has 0 unspecified atom stereocenters. The minimum absolute atomic E-state index is 0.590. The fraction of sp³-hybridized carbons (Fsp3) is 0.385. The second-order valence-electron chi connectivity index (χ2n) is 4.59. The zero-order chi connectivity index (χ0) is 11.5. The van der Waals surface area contributed by atoms with E-state index in [-0.39, 0.29) is 0 Å². The predicted octanol–water partition coefficient (Wildman–Crippen LogP) is 2.91. The van der Waals surface area contributed by atoms with E-state index in [4.69, 9.17) is 0 Å². The number of hydrogen-bond donors (Lipinski definition) is 0. The van der Waals surface area contributed by atoms with Crippen LogP contribution in [0.25, 0.3) is 11.3 Å². The molecule has 3 heteroatoms. The maximum atomic E-state index is 4.19. The Balaban J connectivity index is 2.24. The van der Waals surface area contributed by atoms with Crippen molar-refractivity contribution in [2.75, 3.05) is 0 Å². The van der Waals surface area contributed by atoms with E-state index < -0.39 is 0 Å². The highest BCUT2D eigenvalue weighted by Crippen LogP contribution is 2.17. The van der Waals surface area contributed by atoms with Crippen molar-refractivity contribution in [3.05, 3.63) is 36.0 Å². The van der Waals surface area contributed by atoms with Crippen molar-refractivity contribution in [1.29, 1.82) is 0 Å². The topological polar surface area (TPSA) is 30.7 Å². The van der Waals surface area contributed by atoms with Crippen LogP contribution in [0.5, 0.6) is 0 Å². The average molecular weight is 215 g/mol. The van der Waals surface area contributed by atoms with Crippen LogP contribution in [-0.4, -0.2) is 15.0 Å². The van der Waals surface area contributed by atoms with E-state index in [1.54, 1.807) is 0 Å². The van der Waals surface area contributed by atoms with Crippen LogP contribution < -0.4 is 0 Å². The van der Waals surface area contributed by atoms with E-state index in [0.717, 1.165) is 17.8 Å². The van der Waals surface area contributed by atoms with Gasteiger partial charge in [-0.2, -0.15) is 0 Å². The van der Waals surface area contributed by atoms with Gasteiger partial charge < -0.3 is 0 Å². The summed E-state index contributed by atoms with van der Waals surface area (Å²) in [5.41, 5.74) is 3.33. The molecule has 1 aromatic carbocycles. The Morgan fingerprint density at radius 3 is 2.81 bits per heavy atom. The number of aromatic nitrogens is 3. The van der Waals surface area contributed by atoms with Crippen LogP contribution in [0.4, 0.5) is 0 Å². The van der Waals surface area contributed by atoms with Gasteiger partial charge in [-0.05, 0) is 18.9 Å². The highest BCUT2D eigenvalue weighted by Gasteiger charge is 2.04. The van der Waals surface area contributed by atoms with Gasteiger partial charge in [0.15, 0.2) is 0 Å². The third kappa shape index (κ3) is 2.48. The minimum Gasteiger partial charge on any atom is -0.252 e. The predicted molar refractivity (Wildman–Crippen MR) is 65.0 cm³/mol. The molecule has 0 aliphatic heterocycles. The maximum absolute atomic E-state index is 4.19. The van der Waals surface area contributed by atoms with Crippen LogP contribution in [0.1, 0.15) is 19.4 Å². The molecule has 3 nitrogen and oxygen atoms in total. The van der Waals surface area contributed by atoms with Crippen molar-refractivity contribution in [1.82, 2.24) is 15.0 Å². The molecule has 0 spiro atoms. The van der Waals surface area contributed by atoms with Gasteiger partial charge in [0.25, 0.3) is 0 Å². The Morgan fingerprint density at radius 2 is 2.12 bits per heavy atom. The van der Waals surface area contributed by atoms with Crippen molar-refractivity contribution in [2.24, 2.45) is 5.92 Å². The van der Waals surface area contributed by atoms with Gasteiger partial charge in [-0.15, -0.1) is 5.10 Å². The lowest BCUT2D eigenvalue weighted by molar-refractivity contribution is 0.472. The van der Waals surface area contributed by atoms with Crippen LogP contribution in [0.15, 0.2) is 30.5 Å². The number of aryl methyl sites for hydroxylation is 1. The second kappa shape index (κ2) is 4.47. The molecule has 0 fully saturated rings. The SMILES string of the molecule is Cc1cccc(-c2cn(CC(C)C)nn2)c1. The molecule has 0 saturated heterocycles. The summed E-state index contributed by atoms with van der Waals surface area (Å²) in [5.74, 6) is 0.590. The lowest BCUT2D eigenvalue weighted by atomic mass is 10.1. The Hall–Kier alpha value is -1.64. The monoisotopic (exact) mass is 215 g/mol. The number of rotatable bonds is 3. The zero-order valence-electron chi connectivity index (χ0n) is 10.0. The van der Waals surface area contributed by atoms with E-state index >= 15 is 0 Å². The first-order valence-corrected chi connectivity index (χ1v) is 5.62. The lowest BCUT2D eigenvalue weighted by Crippen LogP contribution is -2.04. The van der Waals surface area contributed by atoms with Gasteiger partial charge in [0.1, 0.15) is 5.69 Å². The van der Waals surface area contributed by atoms with E-state index in [0.29, 0.717) is 5.92 Å². The third-order valence-corrected chi connectivity index (χ3v) is 2.40. The van der Waals surface area contributed by atoms with E-state index in [1.165, 1.54) is 5.56 Å². The Labute approximate surface area is 96.1 Å². The van der Waals surface area contributed by atoms with Crippen LogP contribution in [-0.2, 0) is 6.54 Å². The van der Waals surface area contributed by atoms with Gasteiger partial charge in [0.2, 0.25) is 0 Å². The molecule has 0 atom stereocenters. The molecule has 0 aliphatic carbocycles. The molecule has 1 heterocycles. The molecule has 1 aromatic heterocycles. The molecule has 0 saturated carbocycles. The quantitative estimate of drug-likeness (QED) is 0.788. The zero-order valence-corrected chi connectivity index (χ0v) is 10.0. The van der Waals surface area contributed by atoms with E-state index in [1.807, 2.05) is 16.9 Å². The van der Waals surface area contributed by atoms with Gasteiger partial charge in [0, 0.05) is 12.1 Å². The molecule has 16 heavy (non-hydrogen) atoms. The van der Waals surface area contributed by atoms with Crippen molar-refractivity contribution in [3.8, 4) is 11.3 Å². The summed E-state index contributed by atoms with van der Waals surface area (Å²) in [6.45, 7) is 7.35. The molecule has 0 radical (unpaired) electrons. The summed E-state index contributed by atoms with van der Waals surface area (Å²) in [5, 5.41) is 8.32. The maximum Gasteiger partial charge on any atom is 0.113 e. The number of nitrogens with zero attached hydrogens (tertiary/aromatic N) is 3. The van der Waals surface area contributed by atoms with Gasteiger partial charge in [-0.1, -0.05) is 42.8 Å². The lowest BCUT2D eigenvalue weighted by Gasteiger charge is -2.02. The molecule has 2 rings (SSSR count). The largest absolute Gasteiger partial charge is 0.252 e. The van der Waals surface area contributed by atoms with Gasteiger partial charge in [-0.25, -0.2) is 0 Å². The summed E-state index contributed by atoms with van der Waals surface area (Å²) in [6.07, 6.45) is 2.01. The van der Waals surface area contributed by atoms with Gasteiger partial charge >= 0.3 is 0 Å². The normalized spacial score (nSPS) is 11.0. The fourth-order valence-corrected chi connectivity index (χ4v) is 1.70. The highest BCUT2D eigenvalue weighted by molar-refractivity contribution is 5.58. The molecule has 2 aromatic rings. The summed E-state index contributed by atoms with van der Waals surface area (Å²) in [7, 11) is 0. The van der Waals surface area contributed by atoms with Crippen molar-refractivity contribution < 1.29 is 0 Å². The first-order chi connectivity index (χ1) is 7.65. The molecule has 0 amide bonds. The number of benzene rings is 1. The smallest absolute Gasteiger partial charge is 0.113 e. The van der Waals surface area contributed by atoms with Gasteiger partial charge in [-0.3, -0.25) is 4.68 Å². The second-order valence-corrected chi connectivity index (χ2v) is 4.59. The highest BCUT2D eigenvalue weighted by atomic mass is 15.4. The molecular formula is C13H17N3. The molecule has 0 N–H and O–H groups in total. The van der Waals surface area contributed by atoms with Crippen LogP contribution >= 0.6 is 0 Å². The van der Waals surface area contributed by atoms with Crippen LogP contribution in [0.3, 0.4) is 0 Å². The summed E-state index contributed by atoms with van der Waals surface area (Å²) >= 11 is 0. The summed E-state index contributed by atoms with van der Waals surface area (Å²) in [6, 6.07) is 8.33. The molecule has 0 bridgehead atoms. The molecule has 84 valence electrons. The Bertz CT molecular complexity index is 472. The third-order valence-electron chi connectivity index (χ3n) is 2.40. The van der Waals surface area contributed by atoms with Gasteiger partial charge in [0.05, 0.1) is 6.20 Å². The summed E-state index contributed by atoms with van der Waals surface area (Å²) in [4.78, 5) is 0. The van der Waals surface area contributed by atoms with Crippen molar-refractivity contribution in [3.63, 3.8) is 0 Å². The molecule has 0 aliphatic rings. The molecular weight excluding hydrogens is 198 g/mol. The van der Waals surface area contributed by atoms with Crippen molar-refractivity contribution in [2.45, 2.75) is 27.3 Å². The van der Waals surface area contributed by atoms with Crippen molar-refractivity contribution >= 4 is 0 Å². The summed E-state index contributed by atoms with van der Waals surface area (Å²) < 4.78 is 1.91. The first-order valence-electron chi connectivity index (χ1n) is 5.62. The number of hydrogen-bond acceptors (Lipinski definition) is 2.